The minimum atomic E-state index is -3.11. The van der Waals surface area contributed by atoms with Crippen LogP contribution in [0.4, 0.5) is 0 Å². The van der Waals surface area contributed by atoms with Gasteiger partial charge in [0.15, 0.2) is 18.4 Å². The lowest BCUT2D eigenvalue weighted by atomic mass is 9.83. The lowest BCUT2D eigenvalue weighted by Gasteiger charge is -2.46. The number of guanidine groups is 1. The van der Waals surface area contributed by atoms with Gasteiger partial charge in [0, 0.05) is 13.0 Å². The van der Waals surface area contributed by atoms with E-state index in [9.17, 15) is 45.3 Å². The molecule has 3 aliphatic heterocycles. The fourth-order valence-electron chi connectivity index (χ4n) is 6.23. The van der Waals surface area contributed by atoms with E-state index >= 15 is 0 Å². The number of carboxylic acids is 1. The summed E-state index contributed by atoms with van der Waals surface area (Å²) in [5, 5.41) is 73.6. The summed E-state index contributed by atoms with van der Waals surface area (Å²) in [4.78, 5) is 30.4. The SMILES string of the molecule is C=CC1C(OC2OC(CO)C(O)C(O)(O)C2O)OC=C(C(=O)OC2CCCCC2)C1C=CC1=C[NH+](CCO)CC(C(=O)O)=C1NC(N)=NC. The second-order valence-electron chi connectivity index (χ2n) is 12.3. The van der Waals surface area contributed by atoms with E-state index in [4.69, 9.17) is 24.7 Å². The molecular formula is C32H47N4O13+. The first-order valence-electron chi connectivity index (χ1n) is 16.1. The van der Waals surface area contributed by atoms with Crippen molar-refractivity contribution in [1.29, 1.82) is 0 Å². The van der Waals surface area contributed by atoms with Gasteiger partial charge in [-0.3, -0.25) is 4.99 Å². The van der Waals surface area contributed by atoms with Crippen molar-refractivity contribution in [3.8, 4) is 0 Å². The summed E-state index contributed by atoms with van der Waals surface area (Å²) < 4.78 is 22.9. The normalized spacial score (nSPS) is 32.6. The van der Waals surface area contributed by atoms with Crippen molar-refractivity contribution in [1.82, 2.24) is 5.32 Å². The minimum absolute atomic E-state index is 0.0261. The van der Waals surface area contributed by atoms with Crippen LogP contribution in [0.5, 0.6) is 0 Å². The standard InChI is InChI=1S/C32H46N4O13/c1-3-19-20(10-9-17-13-36(11-12-37)14-21(27(41)42)24(17)35-31(33)34-2)22(28(43)47-18-7-5-4-6-8-18)16-46-29(19)49-30-26(40)32(44,45)25(39)23(15-38)48-30/h3,9-10,13,16,18-20,23,25-26,29-30,37-40,44-45H,1,4-8,11-12,14-15H2,2H3,(H,41,42)(H3,33,34,35)/p+1. The van der Waals surface area contributed by atoms with Gasteiger partial charge in [0.1, 0.15) is 43.2 Å². The molecule has 0 bridgehead atoms. The highest BCUT2D eigenvalue weighted by Crippen LogP contribution is 2.38. The molecule has 8 atom stereocenters. The Bertz CT molecular complexity index is 1370. The fourth-order valence-corrected chi connectivity index (χ4v) is 6.23. The number of carboxylic acid groups (broad SMARTS) is 1. The number of quaternary nitrogens is 1. The maximum Gasteiger partial charge on any atom is 0.339 e. The third-order valence-electron chi connectivity index (χ3n) is 9.01. The maximum atomic E-state index is 13.6. The number of nitrogens with zero attached hydrogens (tertiary/aromatic N) is 1. The lowest BCUT2D eigenvalue weighted by molar-refractivity contribution is -0.843. The van der Waals surface area contributed by atoms with Crippen LogP contribution in [0.1, 0.15) is 32.1 Å². The second-order valence-corrected chi connectivity index (χ2v) is 12.3. The quantitative estimate of drug-likeness (QED) is 0.0318. The zero-order chi connectivity index (χ0) is 35.9. The van der Waals surface area contributed by atoms with Gasteiger partial charge in [0.05, 0.1) is 42.2 Å². The third-order valence-corrected chi connectivity index (χ3v) is 9.01. The molecule has 272 valence electrons. The van der Waals surface area contributed by atoms with Crippen LogP contribution in [0, 0.1) is 11.8 Å². The predicted octanol–water partition coefficient (Wildman–Crippen LogP) is -3.14. The van der Waals surface area contributed by atoms with Gasteiger partial charge in [0.25, 0.3) is 0 Å². The molecule has 4 aliphatic rings. The van der Waals surface area contributed by atoms with E-state index in [1.165, 1.54) is 13.1 Å². The van der Waals surface area contributed by atoms with Gasteiger partial charge in [-0.05, 0) is 25.7 Å². The first kappa shape index (κ1) is 38.2. The number of nitrogens with two attached hydrogens (primary N) is 1. The Morgan fingerprint density at radius 1 is 1.18 bits per heavy atom. The van der Waals surface area contributed by atoms with E-state index in [2.05, 4.69) is 16.9 Å². The lowest BCUT2D eigenvalue weighted by Crippen LogP contribution is -3.09. The van der Waals surface area contributed by atoms with Crippen LogP contribution in [-0.4, -0.2) is 130 Å². The van der Waals surface area contributed by atoms with Crippen molar-refractivity contribution in [3.05, 3.63) is 59.7 Å². The summed E-state index contributed by atoms with van der Waals surface area (Å²) in [6.07, 6.45) is 2.33. The summed E-state index contributed by atoms with van der Waals surface area (Å²) in [7, 11) is 1.43. The monoisotopic (exact) mass is 695 g/mol. The molecule has 4 rings (SSSR count). The number of aliphatic imine (C=N–C) groups is 1. The Balaban J connectivity index is 1.73. The van der Waals surface area contributed by atoms with E-state index in [0.29, 0.717) is 23.3 Å². The highest BCUT2D eigenvalue weighted by atomic mass is 16.8. The van der Waals surface area contributed by atoms with Crippen molar-refractivity contribution in [2.24, 2.45) is 22.6 Å². The smallest absolute Gasteiger partial charge is 0.339 e. The zero-order valence-electron chi connectivity index (χ0n) is 27.2. The number of carbonyl (C=O) groups excluding carboxylic acids is 1. The van der Waals surface area contributed by atoms with Crippen LogP contribution in [-0.2, 0) is 28.5 Å². The van der Waals surface area contributed by atoms with E-state index in [1.807, 2.05) is 0 Å². The molecule has 1 saturated carbocycles. The molecule has 1 aliphatic carbocycles. The molecule has 0 aromatic heterocycles. The molecule has 1 saturated heterocycles. The number of nitrogens with one attached hydrogen (secondary N) is 2. The molecule has 49 heavy (non-hydrogen) atoms. The highest BCUT2D eigenvalue weighted by Gasteiger charge is 2.56. The van der Waals surface area contributed by atoms with Crippen LogP contribution < -0.4 is 16.0 Å². The zero-order valence-corrected chi connectivity index (χ0v) is 27.2. The first-order chi connectivity index (χ1) is 23.4. The Morgan fingerprint density at radius 3 is 2.51 bits per heavy atom. The largest absolute Gasteiger partial charge is 0.478 e. The molecule has 0 aromatic carbocycles. The molecule has 0 spiro atoms. The third kappa shape index (κ3) is 8.75. The number of rotatable bonds is 12. The number of ether oxygens (including phenoxy) is 4. The van der Waals surface area contributed by atoms with Crippen molar-refractivity contribution in [2.75, 3.05) is 33.4 Å². The molecule has 2 fully saturated rings. The number of esters is 1. The summed E-state index contributed by atoms with van der Waals surface area (Å²) in [5.74, 6) is -6.89. The highest BCUT2D eigenvalue weighted by molar-refractivity contribution is 5.92. The predicted molar refractivity (Wildman–Crippen MR) is 169 cm³/mol. The number of aliphatic hydroxyl groups excluding tert-OH is 4. The number of carbonyl (C=O) groups is 2. The van der Waals surface area contributed by atoms with Crippen molar-refractivity contribution >= 4 is 17.9 Å². The number of allylic oxidation sites excluding steroid dienone is 2. The molecular weight excluding hydrogens is 648 g/mol. The Labute approximate surface area is 282 Å². The van der Waals surface area contributed by atoms with Gasteiger partial charge in [0.2, 0.25) is 12.1 Å². The Hall–Kier alpha value is -3.65. The van der Waals surface area contributed by atoms with Gasteiger partial charge in [-0.2, -0.15) is 0 Å². The minimum Gasteiger partial charge on any atom is -0.478 e. The van der Waals surface area contributed by atoms with Crippen LogP contribution in [0.2, 0.25) is 0 Å². The molecule has 11 N–H and O–H groups in total. The van der Waals surface area contributed by atoms with Crippen molar-refractivity contribution < 1.29 is 69.2 Å². The summed E-state index contributed by atoms with van der Waals surface area (Å²) in [5.41, 5.74) is 6.46. The van der Waals surface area contributed by atoms with E-state index in [1.54, 1.807) is 18.4 Å². The topological polar surface area (TPSA) is 268 Å². The number of aliphatic carboxylic acids is 1. The van der Waals surface area contributed by atoms with Gasteiger partial charge >= 0.3 is 11.9 Å². The fraction of sp³-hybridized carbons (Fsp3) is 0.594. The molecule has 3 heterocycles. The van der Waals surface area contributed by atoms with E-state index < -0.39 is 67.1 Å². The van der Waals surface area contributed by atoms with Crippen molar-refractivity contribution in [2.45, 2.75) is 74.9 Å². The molecule has 17 heteroatoms. The number of hydrogen-bond donors (Lipinski definition) is 10. The average Bonchev–Trinajstić information content (AvgIpc) is 3.08. The van der Waals surface area contributed by atoms with Gasteiger partial charge in [-0.1, -0.05) is 24.6 Å². The maximum absolute atomic E-state index is 13.6. The van der Waals surface area contributed by atoms with Crippen LogP contribution in [0.3, 0.4) is 0 Å². The molecule has 17 nitrogen and oxygen atoms in total. The average molecular weight is 696 g/mol. The molecule has 0 radical (unpaired) electrons. The first-order valence-corrected chi connectivity index (χ1v) is 16.1. The van der Waals surface area contributed by atoms with Crippen molar-refractivity contribution in [3.63, 3.8) is 0 Å². The summed E-state index contributed by atoms with van der Waals surface area (Å²) in [6, 6.07) is 0. The Kier molecular flexibility index (Phi) is 13.1. The van der Waals surface area contributed by atoms with Gasteiger partial charge in [-0.25, -0.2) is 9.59 Å². The van der Waals surface area contributed by atoms with Crippen LogP contribution in [0.15, 0.2) is 64.7 Å². The molecule has 0 aromatic rings. The molecule has 8 unspecified atom stereocenters. The summed E-state index contributed by atoms with van der Waals surface area (Å²) in [6.45, 7) is 3.04. The van der Waals surface area contributed by atoms with Crippen LogP contribution in [0.25, 0.3) is 0 Å². The van der Waals surface area contributed by atoms with E-state index in [0.717, 1.165) is 25.5 Å². The van der Waals surface area contributed by atoms with E-state index in [-0.39, 0.29) is 48.6 Å². The van der Waals surface area contributed by atoms with Gasteiger partial charge < -0.3 is 70.6 Å². The second kappa shape index (κ2) is 16.8. The summed E-state index contributed by atoms with van der Waals surface area (Å²) >= 11 is 0. The van der Waals surface area contributed by atoms with Crippen LogP contribution >= 0.6 is 0 Å². The number of hydrogen-bond acceptors (Lipinski definition) is 13. The van der Waals surface area contributed by atoms with Gasteiger partial charge in [-0.15, -0.1) is 6.58 Å². The molecule has 0 amide bonds. The Morgan fingerprint density at radius 2 is 1.90 bits per heavy atom. The number of aliphatic hydroxyl groups is 6.